The Morgan fingerprint density at radius 3 is 2.56 bits per heavy atom. The molecule has 0 saturated heterocycles. The highest BCUT2D eigenvalue weighted by Crippen LogP contribution is 2.16. The van der Waals surface area contributed by atoms with E-state index in [1.165, 1.54) is 11.1 Å². The van der Waals surface area contributed by atoms with Crippen LogP contribution in [-0.2, 0) is 19.6 Å². The second kappa shape index (κ2) is 11.6. The molecule has 6 nitrogen and oxygen atoms in total. The van der Waals surface area contributed by atoms with Gasteiger partial charge >= 0.3 is 0 Å². The van der Waals surface area contributed by atoms with Crippen molar-refractivity contribution in [1.82, 2.24) is 20.0 Å². The lowest BCUT2D eigenvalue weighted by Gasteiger charge is -2.06. The van der Waals surface area contributed by atoms with Crippen molar-refractivity contribution in [3.8, 4) is 5.75 Å². The third-order valence-electron chi connectivity index (χ3n) is 4.95. The smallest absolute Gasteiger partial charge is 0.218 e. The lowest BCUT2D eigenvalue weighted by atomic mass is 10.1. The minimum absolute atomic E-state index is 0. The molecule has 0 N–H and O–H groups in total. The maximum absolute atomic E-state index is 5.85. The Balaban J connectivity index is 0.00000289. The first kappa shape index (κ1) is 23.0. The van der Waals surface area contributed by atoms with E-state index in [0.29, 0.717) is 12.5 Å². The zero-order valence-electron chi connectivity index (χ0n) is 17.6. The number of aryl methyl sites for hydroxylation is 3. The van der Waals surface area contributed by atoms with Crippen LogP contribution in [-0.4, -0.2) is 20.0 Å². The van der Waals surface area contributed by atoms with Crippen LogP contribution < -0.4 is 4.74 Å². The highest BCUT2D eigenvalue weighted by atomic mass is 16.5. The van der Waals surface area contributed by atoms with Crippen molar-refractivity contribution in [2.75, 3.05) is 0 Å². The van der Waals surface area contributed by atoms with Crippen molar-refractivity contribution in [3.63, 3.8) is 0 Å². The average Bonchev–Trinajstić information content (AvgIpc) is 3.48. The van der Waals surface area contributed by atoms with E-state index in [1.807, 2.05) is 35.2 Å². The Labute approximate surface area is 189 Å². The summed E-state index contributed by atoms with van der Waals surface area (Å²) in [4.78, 5) is 4.46. The molecule has 6 heteroatoms. The molecule has 4 aromatic rings. The SMILES string of the molecule is C.Cc1ccc(/C=C/c2nc(COc3ccc(CCCCn4ccnn4)cc3)co2)cc1. The first-order valence-corrected chi connectivity index (χ1v) is 10.5. The molecule has 32 heavy (non-hydrogen) atoms. The second-order valence-electron chi connectivity index (χ2n) is 7.48. The van der Waals surface area contributed by atoms with E-state index in [2.05, 4.69) is 58.6 Å². The van der Waals surface area contributed by atoms with Crippen molar-refractivity contribution in [1.29, 1.82) is 0 Å². The fraction of sp³-hybridized carbons (Fsp3) is 0.269. The van der Waals surface area contributed by atoms with E-state index in [0.717, 1.165) is 42.8 Å². The van der Waals surface area contributed by atoms with E-state index in [9.17, 15) is 0 Å². The Bertz CT molecular complexity index is 1080. The third-order valence-corrected chi connectivity index (χ3v) is 4.95. The zero-order chi connectivity index (χ0) is 21.3. The molecule has 0 spiro atoms. The molecule has 0 aliphatic heterocycles. The summed E-state index contributed by atoms with van der Waals surface area (Å²) in [6.45, 7) is 3.35. The van der Waals surface area contributed by atoms with Crippen LogP contribution in [0.4, 0.5) is 0 Å². The molecule has 4 rings (SSSR count). The fourth-order valence-electron chi connectivity index (χ4n) is 3.18. The van der Waals surface area contributed by atoms with E-state index in [-0.39, 0.29) is 7.43 Å². The van der Waals surface area contributed by atoms with Crippen LogP contribution in [0, 0.1) is 6.92 Å². The normalized spacial score (nSPS) is 10.9. The number of hydrogen-bond acceptors (Lipinski definition) is 5. The van der Waals surface area contributed by atoms with Gasteiger partial charge in [0.15, 0.2) is 0 Å². The molecule has 0 amide bonds. The number of hydrogen-bond donors (Lipinski definition) is 0. The van der Waals surface area contributed by atoms with Crippen LogP contribution in [0.3, 0.4) is 0 Å². The van der Waals surface area contributed by atoms with Crippen molar-refractivity contribution in [3.05, 3.63) is 95.5 Å². The van der Waals surface area contributed by atoms with Gasteiger partial charge in [-0.25, -0.2) is 4.98 Å². The van der Waals surface area contributed by atoms with Gasteiger partial charge in [0.1, 0.15) is 24.3 Å². The minimum Gasteiger partial charge on any atom is -0.487 e. The molecule has 0 fully saturated rings. The van der Waals surface area contributed by atoms with Gasteiger partial charge in [0.25, 0.3) is 0 Å². The molecule has 0 aliphatic carbocycles. The molecular weight excluding hydrogens is 400 g/mol. The largest absolute Gasteiger partial charge is 0.487 e. The molecular formula is C26H30N4O2. The maximum Gasteiger partial charge on any atom is 0.218 e. The van der Waals surface area contributed by atoms with Crippen LogP contribution in [0.15, 0.2) is 71.6 Å². The van der Waals surface area contributed by atoms with Crippen LogP contribution in [0.1, 0.15) is 48.5 Å². The standard InChI is InChI=1S/C25H26N4O2.CH4/c1-20-5-7-22(8-6-20)11-14-25-27-23(19-31-25)18-30-24-12-9-21(10-13-24)4-2-3-16-29-17-15-26-28-29;/h5-15,17,19H,2-4,16,18H2,1H3;1H4/b14-11+;. The van der Waals surface area contributed by atoms with Gasteiger partial charge in [0, 0.05) is 18.8 Å². The second-order valence-corrected chi connectivity index (χ2v) is 7.48. The van der Waals surface area contributed by atoms with E-state index in [1.54, 1.807) is 12.5 Å². The van der Waals surface area contributed by atoms with Crippen molar-refractivity contribution >= 4 is 12.2 Å². The van der Waals surface area contributed by atoms with Gasteiger partial charge in [0.2, 0.25) is 5.89 Å². The molecule has 2 aromatic carbocycles. The van der Waals surface area contributed by atoms with Crippen molar-refractivity contribution in [2.45, 2.75) is 46.8 Å². The molecule has 2 aromatic heterocycles. The first-order valence-electron chi connectivity index (χ1n) is 10.5. The maximum atomic E-state index is 5.85. The van der Waals surface area contributed by atoms with Gasteiger partial charge < -0.3 is 9.15 Å². The molecule has 0 saturated carbocycles. The number of rotatable bonds is 10. The Morgan fingerprint density at radius 1 is 1.00 bits per heavy atom. The van der Waals surface area contributed by atoms with Gasteiger partial charge in [-0.05, 0) is 55.5 Å². The molecule has 166 valence electrons. The quantitative estimate of drug-likeness (QED) is 0.289. The number of oxazole rings is 1. The lowest BCUT2D eigenvalue weighted by molar-refractivity contribution is 0.301. The van der Waals surface area contributed by atoms with Gasteiger partial charge in [0.05, 0.1) is 6.20 Å². The summed E-state index contributed by atoms with van der Waals surface area (Å²) >= 11 is 0. The zero-order valence-corrected chi connectivity index (χ0v) is 17.6. The number of nitrogens with zero attached hydrogens (tertiary/aromatic N) is 4. The van der Waals surface area contributed by atoms with Crippen LogP contribution in [0.25, 0.3) is 12.2 Å². The van der Waals surface area contributed by atoms with Crippen LogP contribution in [0.5, 0.6) is 5.75 Å². The summed E-state index contributed by atoms with van der Waals surface area (Å²) in [5, 5.41) is 7.80. The molecule has 0 atom stereocenters. The van der Waals surface area contributed by atoms with Gasteiger partial charge in [-0.15, -0.1) is 5.10 Å². The molecule has 0 aliphatic rings. The summed E-state index contributed by atoms with van der Waals surface area (Å²) in [6.07, 6.45) is 12.3. The summed E-state index contributed by atoms with van der Waals surface area (Å²) in [5.74, 6) is 1.39. The molecule has 0 radical (unpaired) electrons. The molecule has 0 unspecified atom stereocenters. The third kappa shape index (κ3) is 6.94. The average molecular weight is 431 g/mol. The predicted molar refractivity (Wildman–Crippen MR) is 127 cm³/mol. The highest BCUT2D eigenvalue weighted by molar-refractivity contribution is 5.66. The monoisotopic (exact) mass is 430 g/mol. The van der Waals surface area contributed by atoms with Crippen molar-refractivity contribution in [2.24, 2.45) is 0 Å². The summed E-state index contributed by atoms with van der Waals surface area (Å²) in [5.41, 5.74) is 4.42. The van der Waals surface area contributed by atoms with E-state index in [4.69, 9.17) is 9.15 Å². The predicted octanol–water partition coefficient (Wildman–Crippen LogP) is 5.98. The molecule has 0 bridgehead atoms. The lowest BCUT2D eigenvalue weighted by Crippen LogP contribution is -1.99. The molecule has 2 heterocycles. The van der Waals surface area contributed by atoms with Gasteiger partial charge in [-0.3, -0.25) is 4.68 Å². The van der Waals surface area contributed by atoms with Gasteiger partial charge in [-0.2, -0.15) is 0 Å². The number of ether oxygens (including phenoxy) is 1. The summed E-state index contributed by atoms with van der Waals surface area (Å²) in [7, 11) is 0. The van der Waals surface area contributed by atoms with Crippen molar-refractivity contribution < 1.29 is 9.15 Å². The number of unbranched alkanes of at least 4 members (excludes halogenated alkanes) is 1. The van der Waals surface area contributed by atoms with Crippen LogP contribution in [0.2, 0.25) is 0 Å². The number of aromatic nitrogens is 4. The van der Waals surface area contributed by atoms with E-state index < -0.39 is 0 Å². The van der Waals surface area contributed by atoms with Gasteiger partial charge in [-0.1, -0.05) is 54.6 Å². The van der Waals surface area contributed by atoms with E-state index >= 15 is 0 Å². The Kier molecular flexibility index (Phi) is 8.37. The summed E-state index contributed by atoms with van der Waals surface area (Å²) < 4.78 is 13.2. The Hall–Kier alpha value is -3.67. The minimum atomic E-state index is 0. The Morgan fingerprint density at radius 2 is 1.81 bits per heavy atom. The summed E-state index contributed by atoms with van der Waals surface area (Å²) in [6, 6.07) is 16.5. The topological polar surface area (TPSA) is 66.0 Å². The fourth-order valence-corrected chi connectivity index (χ4v) is 3.18. The van der Waals surface area contributed by atoms with Crippen LogP contribution >= 0.6 is 0 Å². The number of benzene rings is 2. The first-order chi connectivity index (χ1) is 15.2. The highest BCUT2D eigenvalue weighted by Gasteiger charge is 2.03.